The number of nitrogens with one attached hydrogen (secondary N) is 1. The molecule has 5 heteroatoms. The van der Waals surface area contributed by atoms with Crippen LogP contribution in [0.4, 0.5) is 0 Å². The highest BCUT2D eigenvalue weighted by Gasteiger charge is 2.10. The van der Waals surface area contributed by atoms with Gasteiger partial charge in [-0.1, -0.05) is 12.5 Å². The molecule has 1 heterocycles. The topological polar surface area (TPSA) is 67.6 Å². The van der Waals surface area contributed by atoms with Gasteiger partial charge in [0.15, 0.2) is 0 Å². The third kappa shape index (κ3) is 4.22. The summed E-state index contributed by atoms with van der Waals surface area (Å²) in [7, 11) is 0. The zero-order valence-corrected chi connectivity index (χ0v) is 11.1. The van der Waals surface area contributed by atoms with E-state index in [0.717, 1.165) is 6.54 Å². The van der Waals surface area contributed by atoms with Gasteiger partial charge in [-0.05, 0) is 44.1 Å². The average Bonchev–Trinajstić information content (AvgIpc) is 2.48. The molecule has 5 nitrogen and oxygen atoms in total. The summed E-state index contributed by atoms with van der Waals surface area (Å²) in [5, 5.41) is 0. The summed E-state index contributed by atoms with van der Waals surface area (Å²) >= 11 is 0. The monoisotopic (exact) mass is 263 g/mol. The van der Waals surface area contributed by atoms with E-state index in [1.54, 1.807) is 18.2 Å². The number of nitrogen functional groups attached to an aromatic ring is 1. The molecule has 0 aromatic heterocycles. The first-order chi connectivity index (χ1) is 9.29. The van der Waals surface area contributed by atoms with Gasteiger partial charge in [0.2, 0.25) is 0 Å². The second kappa shape index (κ2) is 7.11. The van der Waals surface area contributed by atoms with Crippen molar-refractivity contribution < 1.29 is 9.53 Å². The molecule has 1 aromatic carbocycles. The van der Waals surface area contributed by atoms with Gasteiger partial charge < -0.3 is 4.74 Å². The molecule has 1 amide bonds. The summed E-state index contributed by atoms with van der Waals surface area (Å²) in [5.74, 6) is 5.51. The predicted octanol–water partition coefficient (Wildman–Crippen LogP) is 1.15. The number of hydrogen-bond donors (Lipinski definition) is 2. The Hall–Kier alpha value is -1.59. The Morgan fingerprint density at radius 3 is 2.84 bits per heavy atom. The van der Waals surface area contributed by atoms with Crippen molar-refractivity contribution >= 4 is 5.91 Å². The van der Waals surface area contributed by atoms with Crippen LogP contribution in [0.3, 0.4) is 0 Å². The van der Waals surface area contributed by atoms with E-state index in [4.69, 9.17) is 10.6 Å². The Balaban J connectivity index is 1.80. The van der Waals surface area contributed by atoms with Crippen molar-refractivity contribution in [1.29, 1.82) is 0 Å². The number of ether oxygens (including phenoxy) is 1. The molecule has 0 bridgehead atoms. The maximum atomic E-state index is 11.4. The number of hydrazine groups is 1. The third-order valence-corrected chi connectivity index (χ3v) is 3.35. The number of piperidine rings is 1. The Labute approximate surface area is 113 Å². The molecule has 1 aliphatic rings. The molecule has 0 radical (unpaired) electrons. The van der Waals surface area contributed by atoms with Crippen LogP contribution in [0.25, 0.3) is 0 Å². The molecule has 0 atom stereocenters. The van der Waals surface area contributed by atoms with E-state index in [1.165, 1.54) is 32.4 Å². The zero-order valence-electron chi connectivity index (χ0n) is 11.1. The standard InChI is InChI=1S/C14H21N3O2/c15-16-14(18)12-5-4-6-13(11-12)19-10-9-17-7-2-1-3-8-17/h4-6,11H,1-3,7-10,15H2,(H,16,18). The SMILES string of the molecule is NNC(=O)c1cccc(OCCN2CCCCC2)c1. The predicted molar refractivity (Wildman–Crippen MR) is 73.9 cm³/mol. The average molecular weight is 263 g/mol. The number of amides is 1. The molecular weight excluding hydrogens is 242 g/mol. The van der Waals surface area contributed by atoms with Gasteiger partial charge in [0, 0.05) is 12.1 Å². The fraction of sp³-hybridized carbons (Fsp3) is 0.500. The molecule has 0 unspecified atom stereocenters. The first kappa shape index (κ1) is 13.8. The maximum absolute atomic E-state index is 11.4. The summed E-state index contributed by atoms with van der Waals surface area (Å²) in [5.41, 5.74) is 2.63. The highest BCUT2D eigenvalue weighted by atomic mass is 16.5. The molecular formula is C14H21N3O2. The molecule has 1 aromatic rings. The molecule has 0 spiro atoms. The Morgan fingerprint density at radius 2 is 2.11 bits per heavy atom. The van der Waals surface area contributed by atoms with Crippen LogP contribution in [0, 0.1) is 0 Å². The fourth-order valence-corrected chi connectivity index (χ4v) is 2.29. The molecule has 19 heavy (non-hydrogen) atoms. The van der Waals surface area contributed by atoms with Crippen LogP contribution < -0.4 is 16.0 Å². The second-order valence-electron chi connectivity index (χ2n) is 4.75. The number of rotatable bonds is 5. The molecule has 0 saturated carbocycles. The van der Waals surface area contributed by atoms with Crippen molar-refractivity contribution in [1.82, 2.24) is 10.3 Å². The molecule has 0 aliphatic carbocycles. The van der Waals surface area contributed by atoms with Gasteiger partial charge in [-0.3, -0.25) is 15.1 Å². The lowest BCUT2D eigenvalue weighted by atomic mass is 10.1. The molecule has 1 saturated heterocycles. The van der Waals surface area contributed by atoms with E-state index in [-0.39, 0.29) is 5.91 Å². The molecule has 104 valence electrons. The van der Waals surface area contributed by atoms with Crippen molar-refractivity contribution in [3.05, 3.63) is 29.8 Å². The van der Waals surface area contributed by atoms with Crippen molar-refractivity contribution in [2.24, 2.45) is 5.84 Å². The van der Waals surface area contributed by atoms with Gasteiger partial charge in [0.05, 0.1) is 0 Å². The number of nitrogens with two attached hydrogens (primary N) is 1. The number of benzene rings is 1. The first-order valence-corrected chi connectivity index (χ1v) is 6.76. The fourth-order valence-electron chi connectivity index (χ4n) is 2.29. The number of hydrogen-bond acceptors (Lipinski definition) is 4. The minimum Gasteiger partial charge on any atom is -0.492 e. The molecule has 2 rings (SSSR count). The molecule has 1 aliphatic heterocycles. The van der Waals surface area contributed by atoms with Gasteiger partial charge in [-0.25, -0.2) is 5.84 Å². The summed E-state index contributed by atoms with van der Waals surface area (Å²) in [6.45, 7) is 3.92. The number of likely N-dealkylation sites (tertiary alicyclic amines) is 1. The van der Waals surface area contributed by atoms with Crippen LogP contribution in [0.15, 0.2) is 24.3 Å². The van der Waals surface area contributed by atoms with E-state index >= 15 is 0 Å². The number of carbonyl (C=O) groups excluding carboxylic acids is 1. The summed E-state index contributed by atoms with van der Waals surface area (Å²) in [6, 6.07) is 7.06. The van der Waals surface area contributed by atoms with Gasteiger partial charge in [-0.15, -0.1) is 0 Å². The summed E-state index contributed by atoms with van der Waals surface area (Å²) in [6.07, 6.45) is 3.91. The lowest BCUT2D eigenvalue weighted by Crippen LogP contribution is -2.33. The maximum Gasteiger partial charge on any atom is 0.265 e. The van der Waals surface area contributed by atoms with Crippen LogP contribution in [-0.2, 0) is 0 Å². The van der Waals surface area contributed by atoms with Crippen LogP contribution in [0.2, 0.25) is 0 Å². The van der Waals surface area contributed by atoms with E-state index < -0.39 is 0 Å². The normalized spacial score (nSPS) is 16.1. The van der Waals surface area contributed by atoms with E-state index in [9.17, 15) is 4.79 Å². The second-order valence-corrected chi connectivity index (χ2v) is 4.75. The minimum atomic E-state index is -0.304. The lowest BCUT2D eigenvalue weighted by Gasteiger charge is -2.26. The lowest BCUT2D eigenvalue weighted by molar-refractivity contribution is 0.0953. The van der Waals surface area contributed by atoms with Crippen LogP contribution in [-0.4, -0.2) is 37.0 Å². The summed E-state index contributed by atoms with van der Waals surface area (Å²) < 4.78 is 5.68. The number of nitrogens with zero attached hydrogens (tertiary/aromatic N) is 1. The van der Waals surface area contributed by atoms with Crippen molar-refractivity contribution in [2.75, 3.05) is 26.2 Å². The summed E-state index contributed by atoms with van der Waals surface area (Å²) in [4.78, 5) is 13.8. The highest BCUT2D eigenvalue weighted by molar-refractivity contribution is 5.94. The minimum absolute atomic E-state index is 0.304. The Bertz CT molecular complexity index is 417. The highest BCUT2D eigenvalue weighted by Crippen LogP contribution is 2.14. The Morgan fingerprint density at radius 1 is 1.32 bits per heavy atom. The zero-order chi connectivity index (χ0) is 13.5. The van der Waals surface area contributed by atoms with Crippen molar-refractivity contribution in [2.45, 2.75) is 19.3 Å². The number of carbonyl (C=O) groups is 1. The quantitative estimate of drug-likeness (QED) is 0.475. The Kier molecular flexibility index (Phi) is 5.18. The van der Waals surface area contributed by atoms with E-state index in [1.807, 2.05) is 6.07 Å². The first-order valence-electron chi connectivity index (χ1n) is 6.76. The molecule has 1 fully saturated rings. The largest absolute Gasteiger partial charge is 0.492 e. The van der Waals surface area contributed by atoms with Crippen molar-refractivity contribution in [3.8, 4) is 5.75 Å². The van der Waals surface area contributed by atoms with Crippen molar-refractivity contribution in [3.63, 3.8) is 0 Å². The van der Waals surface area contributed by atoms with Gasteiger partial charge in [-0.2, -0.15) is 0 Å². The van der Waals surface area contributed by atoms with Gasteiger partial charge >= 0.3 is 0 Å². The van der Waals surface area contributed by atoms with Gasteiger partial charge in [0.25, 0.3) is 5.91 Å². The molecule has 3 N–H and O–H groups in total. The third-order valence-electron chi connectivity index (χ3n) is 3.35. The van der Waals surface area contributed by atoms with Gasteiger partial charge in [0.1, 0.15) is 12.4 Å². The smallest absolute Gasteiger partial charge is 0.265 e. The van der Waals surface area contributed by atoms with Crippen LogP contribution >= 0.6 is 0 Å². The van der Waals surface area contributed by atoms with E-state index in [0.29, 0.717) is 17.9 Å². The van der Waals surface area contributed by atoms with Crippen LogP contribution in [0.1, 0.15) is 29.6 Å². The van der Waals surface area contributed by atoms with Crippen LogP contribution in [0.5, 0.6) is 5.75 Å². The van der Waals surface area contributed by atoms with E-state index in [2.05, 4.69) is 10.3 Å².